The molecule has 5 aliphatic rings. The molecule has 2 aromatic carbocycles. The number of benzene rings is 2. The molecule has 2 saturated heterocycles. The van der Waals surface area contributed by atoms with E-state index in [1.54, 1.807) is 7.05 Å². The molecule has 3 aromatic rings. The lowest BCUT2D eigenvalue weighted by Crippen LogP contribution is -2.43. The Morgan fingerprint density at radius 1 is 0.957 bits per heavy atom. The third-order valence-electron chi connectivity index (χ3n) is 10.4. The average Bonchev–Trinajstić information content (AvgIpc) is 3.88. The van der Waals surface area contributed by atoms with Crippen molar-refractivity contribution in [3.63, 3.8) is 0 Å². The van der Waals surface area contributed by atoms with Gasteiger partial charge < -0.3 is 19.0 Å². The Bertz CT molecular complexity index is 1900. The molecule has 8 rings (SSSR count). The molecule has 1 aromatic heterocycles. The largest absolute Gasteiger partial charge is 0.437 e. The zero-order chi connectivity index (χ0) is 32.1. The first-order valence-electron chi connectivity index (χ1n) is 16.5. The predicted octanol–water partition coefficient (Wildman–Crippen LogP) is 3.43. The molecular formula is C36H38N6O5. The highest BCUT2D eigenvalue weighted by Crippen LogP contribution is 2.43. The van der Waals surface area contributed by atoms with Gasteiger partial charge in [-0.05, 0) is 78.8 Å². The molecule has 0 aliphatic carbocycles. The number of aromatic nitrogens is 2. The van der Waals surface area contributed by atoms with Gasteiger partial charge in [-0.1, -0.05) is 30.4 Å². The maximum Gasteiger partial charge on any atom is 0.437 e. The second kappa shape index (κ2) is 11.9. The summed E-state index contributed by atoms with van der Waals surface area (Å²) in [5.41, 5.74) is 8.15. The number of carbonyl (C=O) groups excluding carboxylic acids is 2. The van der Waals surface area contributed by atoms with Crippen LogP contribution in [0.15, 0.2) is 74.4 Å². The van der Waals surface area contributed by atoms with Crippen LogP contribution in [0.5, 0.6) is 0 Å². The molecule has 0 radical (unpaired) electrons. The number of amides is 2. The minimum atomic E-state index is -0.492. The molecule has 1 spiro atoms. The number of likely N-dealkylation sites (tertiary alicyclic amines) is 1. The summed E-state index contributed by atoms with van der Waals surface area (Å²) in [6.07, 6.45) is 7.45. The van der Waals surface area contributed by atoms with E-state index in [9.17, 15) is 14.4 Å². The van der Waals surface area contributed by atoms with Crippen LogP contribution in [0.2, 0.25) is 0 Å². The lowest BCUT2D eigenvalue weighted by molar-refractivity contribution is -0.132. The van der Waals surface area contributed by atoms with Gasteiger partial charge in [0.25, 0.3) is 0 Å². The van der Waals surface area contributed by atoms with Crippen molar-refractivity contribution in [2.45, 2.75) is 32.2 Å². The summed E-state index contributed by atoms with van der Waals surface area (Å²) in [5.74, 6) is 0.0857. The fourth-order valence-corrected chi connectivity index (χ4v) is 7.63. The standard InChI is InChI=1S/C36H38N6O5/c1-39-35(45)47-33(38-39)27-4-2-24(3-5-27)25-8-14-41(15-9-25)31(43)22-40-16-12-36(23-40)13-17-42(34(36)44)29-7-6-28-21-37-32(30(28)20-29)26-10-18-46-19-11-26/h2-8,10,20H,9,11-19,21-23H2,1H3/t36-/m0/s1. The zero-order valence-electron chi connectivity index (χ0n) is 26.6. The number of fused-ring (bicyclic) bond motifs is 1. The summed E-state index contributed by atoms with van der Waals surface area (Å²) in [7, 11) is 1.56. The minimum absolute atomic E-state index is 0.105. The summed E-state index contributed by atoms with van der Waals surface area (Å²) in [5, 5.41) is 4.11. The van der Waals surface area contributed by atoms with Gasteiger partial charge in [0, 0.05) is 50.0 Å². The van der Waals surface area contributed by atoms with E-state index in [0.717, 1.165) is 60.3 Å². The van der Waals surface area contributed by atoms with Crippen LogP contribution in [0.3, 0.4) is 0 Å². The number of anilines is 1. The first kappa shape index (κ1) is 29.8. The maximum absolute atomic E-state index is 13.9. The number of hydrogen-bond acceptors (Lipinski definition) is 8. The first-order chi connectivity index (χ1) is 22.9. The van der Waals surface area contributed by atoms with Crippen LogP contribution in [0.1, 0.15) is 42.4 Å². The monoisotopic (exact) mass is 634 g/mol. The first-order valence-corrected chi connectivity index (χ1v) is 16.5. The molecule has 11 heteroatoms. The van der Waals surface area contributed by atoms with Crippen molar-refractivity contribution in [3.8, 4) is 11.5 Å². The number of nitrogens with zero attached hydrogens (tertiary/aromatic N) is 6. The molecule has 242 valence electrons. The number of aliphatic imine (C=N–C) groups is 1. The van der Waals surface area contributed by atoms with Gasteiger partial charge in [0.05, 0.1) is 37.4 Å². The quantitative estimate of drug-likeness (QED) is 0.408. The van der Waals surface area contributed by atoms with Crippen molar-refractivity contribution < 1.29 is 18.7 Å². The molecule has 1 atom stereocenters. The van der Waals surface area contributed by atoms with E-state index in [4.69, 9.17) is 14.1 Å². The van der Waals surface area contributed by atoms with Gasteiger partial charge in [0.15, 0.2) is 0 Å². The highest BCUT2D eigenvalue weighted by molar-refractivity contribution is 6.15. The number of ether oxygens (including phenoxy) is 1. The normalized spacial score (nSPS) is 22.9. The number of aryl methyl sites for hydroxylation is 1. The summed E-state index contributed by atoms with van der Waals surface area (Å²) in [6.45, 7) is 5.63. The van der Waals surface area contributed by atoms with Crippen molar-refractivity contribution >= 4 is 28.8 Å². The fourth-order valence-electron chi connectivity index (χ4n) is 7.63. The Hall–Kier alpha value is -4.61. The Kier molecular flexibility index (Phi) is 7.52. The Morgan fingerprint density at radius 2 is 1.79 bits per heavy atom. The SMILES string of the molecule is Cn1nc(-c2ccc(C3=CCN(C(=O)CN4CC[C@]5(CCN(c6ccc7c(c6)C(C6=CCOCC6)=NC7)C5=O)C4)CC3)cc2)oc1=O. The predicted molar refractivity (Wildman–Crippen MR) is 177 cm³/mol. The van der Waals surface area contributed by atoms with E-state index in [0.29, 0.717) is 58.4 Å². The summed E-state index contributed by atoms with van der Waals surface area (Å²) in [6, 6.07) is 14.1. The molecule has 0 saturated carbocycles. The van der Waals surface area contributed by atoms with Crippen LogP contribution in [0, 0.1) is 5.41 Å². The third-order valence-corrected chi connectivity index (χ3v) is 10.4. The van der Waals surface area contributed by atoms with Crippen molar-refractivity contribution in [1.82, 2.24) is 19.6 Å². The van der Waals surface area contributed by atoms with E-state index in [1.165, 1.54) is 21.4 Å². The molecule has 11 nitrogen and oxygen atoms in total. The zero-order valence-corrected chi connectivity index (χ0v) is 26.6. The van der Waals surface area contributed by atoms with Gasteiger partial charge in [-0.15, -0.1) is 5.10 Å². The van der Waals surface area contributed by atoms with Gasteiger partial charge >= 0.3 is 5.76 Å². The molecule has 0 bridgehead atoms. The van der Waals surface area contributed by atoms with Crippen LogP contribution in [0.25, 0.3) is 17.0 Å². The van der Waals surface area contributed by atoms with Crippen molar-refractivity contribution in [3.05, 3.63) is 87.4 Å². The molecule has 47 heavy (non-hydrogen) atoms. The van der Waals surface area contributed by atoms with Gasteiger partial charge in [-0.25, -0.2) is 4.79 Å². The average molecular weight is 635 g/mol. The summed E-state index contributed by atoms with van der Waals surface area (Å²) in [4.78, 5) is 49.8. The molecule has 0 N–H and O–H groups in total. The van der Waals surface area contributed by atoms with Crippen LogP contribution in [-0.2, 0) is 27.9 Å². The molecule has 2 amide bonds. The lowest BCUT2D eigenvalue weighted by atomic mass is 9.85. The van der Waals surface area contributed by atoms with Gasteiger partial charge in [-0.3, -0.25) is 19.5 Å². The van der Waals surface area contributed by atoms with Crippen LogP contribution >= 0.6 is 0 Å². The van der Waals surface area contributed by atoms with Gasteiger partial charge in [0.2, 0.25) is 17.7 Å². The summed E-state index contributed by atoms with van der Waals surface area (Å²) >= 11 is 0. The van der Waals surface area contributed by atoms with E-state index in [2.05, 4.69) is 40.3 Å². The second-order valence-corrected chi connectivity index (χ2v) is 13.2. The maximum atomic E-state index is 13.9. The van der Waals surface area contributed by atoms with E-state index < -0.39 is 11.2 Å². The fraction of sp³-hybridized carbons (Fsp3) is 0.417. The molecule has 2 fully saturated rings. The Labute approximate surface area is 272 Å². The molecule has 0 unspecified atom stereocenters. The van der Waals surface area contributed by atoms with Crippen molar-refractivity contribution in [2.75, 3.05) is 57.4 Å². The van der Waals surface area contributed by atoms with Crippen LogP contribution in [0.4, 0.5) is 5.69 Å². The van der Waals surface area contributed by atoms with Crippen LogP contribution < -0.4 is 10.7 Å². The van der Waals surface area contributed by atoms with E-state index in [1.807, 2.05) is 34.1 Å². The molecular weight excluding hydrogens is 596 g/mol. The van der Waals surface area contributed by atoms with E-state index >= 15 is 0 Å². The van der Waals surface area contributed by atoms with Gasteiger partial charge in [0.1, 0.15) is 0 Å². The Morgan fingerprint density at radius 3 is 2.53 bits per heavy atom. The minimum Gasteiger partial charge on any atom is -0.388 e. The molecule has 6 heterocycles. The number of carbonyl (C=O) groups is 2. The number of rotatable bonds is 6. The Balaban J connectivity index is 0.876. The van der Waals surface area contributed by atoms with E-state index in [-0.39, 0.29) is 11.8 Å². The van der Waals surface area contributed by atoms with Crippen molar-refractivity contribution in [2.24, 2.45) is 17.5 Å². The topological polar surface area (TPSA) is 113 Å². The number of hydrogen-bond donors (Lipinski definition) is 0. The third kappa shape index (κ3) is 5.47. The molecule has 5 aliphatic heterocycles. The second-order valence-electron chi connectivity index (χ2n) is 13.2. The van der Waals surface area contributed by atoms with Gasteiger partial charge in [-0.2, -0.15) is 4.68 Å². The smallest absolute Gasteiger partial charge is 0.388 e. The van der Waals surface area contributed by atoms with Crippen molar-refractivity contribution in [1.29, 1.82) is 0 Å². The highest BCUT2D eigenvalue weighted by Gasteiger charge is 2.51. The summed E-state index contributed by atoms with van der Waals surface area (Å²) < 4.78 is 11.9. The lowest BCUT2D eigenvalue weighted by Gasteiger charge is -2.29. The van der Waals surface area contributed by atoms with Crippen LogP contribution in [-0.4, -0.2) is 89.6 Å². The highest BCUT2D eigenvalue weighted by atomic mass is 16.5.